The number of aromatic amines is 1. The van der Waals surface area contributed by atoms with Gasteiger partial charge in [0.2, 0.25) is 0 Å². The number of nitrogens with zero attached hydrogens (tertiary/aromatic N) is 3. The highest BCUT2D eigenvalue weighted by Gasteiger charge is 2.35. The van der Waals surface area contributed by atoms with Crippen LogP contribution in [0.2, 0.25) is 0 Å². The van der Waals surface area contributed by atoms with E-state index in [1.807, 2.05) is 6.92 Å². The van der Waals surface area contributed by atoms with Gasteiger partial charge in [-0.3, -0.25) is 5.10 Å². The number of anilines is 1. The number of aliphatic hydroxyl groups is 1. The van der Waals surface area contributed by atoms with Crippen LogP contribution >= 0.6 is 0 Å². The zero-order valence-corrected chi connectivity index (χ0v) is 13.3. The second-order valence-electron chi connectivity index (χ2n) is 5.51. The van der Waals surface area contributed by atoms with Crippen LogP contribution in [0.3, 0.4) is 0 Å². The molecule has 0 radical (unpaired) electrons. The van der Waals surface area contributed by atoms with Crippen molar-refractivity contribution in [2.75, 3.05) is 11.9 Å². The van der Waals surface area contributed by atoms with E-state index in [2.05, 4.69) is 25.5 Å². The number of aromatic nitrogens is 4. The predicted molar refractivity (Wildman–Crippen MR) is 91.1 cm³/mol. The first-order chi connectivity index (χ1) is 11.9. The molecule has 1 atom stereocenters. The number of pyridine rings is 2. The van der Waals surface area contributed by atoms with Crippen LogP contribution in [0.25, 0.3) is 22.4 Å². The first-order valence-corrected chi connectivity index (χ1v) is 7.69. The number of rotatable bonds is 5. The van der Waals surface area contributed by atoms with Crippen LogP contribution in [-0.2, 0) is 6.18 Å². The highest BCUT2D eigenvalue weighted by Crippen LogP contribution is 2.37. The second kappa shape index (κ2) is 6.67. The van der Waals surface area contributed by atoms with Crippen LogP contribution in [-0.4, -0.2) is 37.9 Å². The van der Waals surface area contributed by atoms with E-state index in [1.165, 1.54) is 12.3 Å². The van der Waals surface area contributed by atoms with Gasteiger partial charge in [-0.25, -0.2) is 9.97 Å². The highest BCUT2D eigenvalue weighted by atomic mass is 19.4. The van der Waals surface area contributed by atoms with Crippen LogP contribution in [0.5, 0.6) is 0 Å². The fraction of sp³-hybridized carbons (Fsp3) is 0.312. The van der Waals surface area contributed by atoms with Crippen LogP contribution in [0.4, 0.5) is 19.0 Å². The third-order valence-corrected chi connectivity index (χ3v) is 3.76. The molecule has 0 saturated heterocycles. The SMILES string of the molecule is CCC(O)CNc1ccc(C(F)(F)F)c(-c2[nH]nc3ncccc23)n1.[HH].[HH]. The molecule has 0 aliphatic rings. The zero-order chi connectivity index (χ0) is 18.0. The largest absolute Gasteiger partial charge is 0.418 e. The molecule has 0 spiro atoms. The molecule has 3 aromatic heterocycles. The summed E-state index contributed by atoms with van der Waals surface area (Å²) in [6, 6.07) is 5.45. The molecule has 3 heterocycles. The number of alkyl halides is 3. The van der Waals surface area contributed by atoms with Gasteiger partial charge in [0, 0.05) is 21.0 Å². The van der Waals surface area contributed by atoms with Crippen LogP contribution < -0.4 is 5.32 Å². The Labute approximate surface area is 144 Å². The minimum atomic E-state index is -4.57. The molecule has 136 valence electrons. The Hall–Kier alpha value is -2.68. The van der Waals surface area contributed by atoms with E-state index in [0.29, 0.717) is 17.5 Å². The summed E-state index contributed by atoms with van der Waals surface area (Å²) in [5.74, 6) is 0.238. The summed E-state index contributed by atoms with van der Waals surface area (Å²) in [5, 5.41) is 19.4. The summed E-state index contributed by atoms with van der Waals surface area (Å²) in [6.45, 7) is 2.00. The van der Waals surface area contributed by atoms with Crippen LogP contribution in [0, 0.1) is 0 Å². The van der Waals surface area contributed by atoms with Gasteiger partial charge in [-0.15, -0.1) is 0 Å². The van der Waals surface area contributed by atoms with Crippen molar-refractivity contribution < 1.29 is 21.1 Å². The van der Waals surface area contributed by atoms with E-state index in [0.717, 1.165) is 6.07 Å². The Balaban J connectivity index is 0.00000182. The fourth-order valence-corrected chi connectivity index (χ4v) is 2.37. The Morgan fingerprint density at radius 1 is 1.32 bits per heavy atom. The van der Waals surface area contributed by atoms with Gasteiger partial charge in [-0.2, -0.15) is 18.3 Å². The van der Waals surface area contributed by atoms with Crippen molar-refractivity contribution >= 4 is 16.9 Å². The summed E-state index contributed by atoms with van der Waals surface area (Å²) >= 11 is 0. The average Bonchev–Trinajstić information content (AvgIpc) is 3.02. The number of nitrogens with one attached hydrogen (secondary N) is 2. The quantitative estimate of drug-likeness (QED) is 0.649. The molecule has 3 N–H and O–H groups in total. The molecule has 9 heteroatoms. The van der Waals surface area contributed by atoms with Crippen molar-refractivity contribution in [3.63, 3.8) is 0 Å². The van der Waals surface area contributed by atoms with Crippen molar-refractivity contribution in [1.82, 2.24) is 20.2 Å². The number of aliphatic hydroxyl groups excluding tert-OH is 1. The number of H-pyrrole nitrogens is 1. The zero-order valence-electron chi connectivity index (χ0n) is 13.3. The topological polar surface area (TPSA) is 86.7 Å². The summed E-state index contributed by atoms with van der Waals surface area (Å²) in [5.41, 5.74) is -0.676. The highest BCUT2D eigenvalue weighted by molar-refractivity contribution is 5.90. The van der Waals surface area contributed by atoms with Crippen molar-refractivity contribution in [3.8, 4) is 11.4 Å². The Kier molecular flexibility index (Phi) is 4.58. The minimum Gasteiger partial charge on any atom is -0.391 e. The van der Waals surface area contributed by atoms with Gasteiger partial charge in [-0.05, 0) is 30.7 Å². The molecule has 3 rings (SSSR count). The van der Waals surface area contributed by atoms with Gasteiger partial charge < -0.3 is 10.4 Å². The van der Waals surface area contributed by atoms with Gasteiger partial charge >= 0.3 is 6.18 Å². The molecule has 0 fully saturated rings. The Morgan fingerprint density at radius 3 is 2.84 bits per heavy atom. The predicted octanol–water partition coefficient (Wildman–Crippen LogP) is 3.71. The molecular formula is C16H20F3N5O. The lowest BCUT2D eigenvalue weighted by atomic mass is 10.1. The smallest absolute Gasteiger partial charge is 0.391 e. The Morgan fingerprint density at radius 2 is 2.12 bits per heavy atom. The lowest BCUT2D eigenvalue weighted by Crippen LogP contribution is -2.19. The maximum Gasteiger partial charge on any atom is 0.418 e. The fourth-order valence-electron chi connectivity index (χ4n) is 2.37. The normalized spacial score (nSPS) is 13.2. The summed E-state index contributed by atoms with van der Waals surface area (Å²) < 4.78 is 40.2. The van der Waals surface area contributed by atoms with Gasteiger partial charge in [0.15, 0.2) is 5.65 Å². The van der Waals surface area contributed by atoms with Gasteiger partial charge in [-0.1, -0.05) is 6.92 Å². The van der Waals surface area contributed by atoms with Gasteiger partial charge in [0.25, 0.3) is 0 Å². The maximum absolute atomic E-state index is 13.4. The third kappa shape index (κ3) is 3.55. The third-order valence-electron chi connectivity index (χ3n) is 3.76. The molecule has 0 aromatic carbocycles. The van der Waals surface area contributed by atoms with Crippen LogP contribution in [0.15, 0.2) is 30.5 Å². The molecule has 0 amide bonds. The van der Waals surface area contributed by atoms with E-state index >= 15 is 0 Å². The number of hydrogen-bond acceptors (Lipinski definition) is 5. The van der Waals surface area contributed by atoms with E-state index in [1.54, 1.807) is 12.1 Å². The monoisotopic (exact) mass is 355 g/mol. The van der Waals surface area contributed by atoms with Crippen molar-refractivity contribution in [1.29, 1.82) is 0 Å². The Bertz CT molecular complexity index is 888. The number of halogens is 3. The molecule has 0 saturated carbocycles. The molecule has 6 nitrogen and oxygen atoms in total. The minimum absolute atomic E-state index is 0. The molecule has 0 bridgehead atoms. The van der Waals surface area contributed by atoms with Crippen molar-refractivity contribution in [2.45, 2.75) is 25.6 Å². The molecule has 1 unspecified atom stereocenters. The van der Waals surface area contributed by atoms with E-state index < -0.39 is 17.8 Å². The first kappa shape index (κ1) is 17.2. The molecule has 3 aromatic rings. The lowest BCUT2D eigenvalue weighted by molar-refractivity contribution is -0.137. The first-order valence-electron chi connectivity index (χ1n) is 7.69. The van der Waals surface area contributed by atoms with E-state index in [9.17, 15) is 18.3 Å². The summed E-state index contributed by atoms with van der Waals surface area (Å²) in [6.07, 6.45) is -3.14. The molecule has 0 aliphatic heterocycles. The second-order valence-corrected chi connectivity index (χ2v) is 5.51. The number of fused-ring (bicyclic) bond motifs is 1. The standard InChI is InChI=1S/C16H16F3N5O.2H2/c1-2-9(25)8-21-12-6-5-11(16(17,18)19)14(22-12)13-10-4-3-7-20-15(10)24-23-13;;/h3-7,9,25H,2,8H2,1H3,(H,21,22)(H,20,23,24);2*1H. The summed E-state index contributed by atoms with van der Waals surface area (Å²) in [7, 11) is 0. The van der Waals surface area contributed by atoms with Crippen molar-refractivity contribution in [2.24, 2.45) is 0 Å². The molecule has 0 aliphatic carbocycles. The van der Waals surface area contributed by atoms with E-state index in [-0.39, 0.29) is 26.6 Å². The van der Waals surface area contributed by atoms with Gasteiger partial charge in [0.1, 0.15) is 11.5 Å². The average molecular weight is 355 g/mol. The van der Waals surface area contributed by atoms with Crippen LogP contribution in [0.1, 0.15) is 21.8 Å². The molecule has 25 heavy (non-hydrogen) atoms. The van der Waals surface area contributed by atoms with Gasteiger partial charge in [0.05, 0.1) is 17.4 Å². The van der Waals surface area contributed by atoms with Crippen molar-refractivity contribution in [3.05, 3.63) is 36.0 Å². The maximum atomic E-state index is 13.4. The van der Waals surface area contributed by atoms with E-state index in [4.69, 9.17) is 0 Å². The molecular weight excluding hydrogens is 335 g/mol. The summed E-state index contributed by atoms with van der Waals surface area (Å²) in [4.78, 5) is 8.11. The lowest BCUT2D eigenvalue weighted by Gasteiger charge is -2.15. The number of hydrogen-bond donors (Lipinski definition) is 3.